The highest BCUT2D eigenvalue weighted by Gasteiger charge is 2.60. The van der Waals surface area contributed by atoms with E-state index in [2.05, 4.69) is 13.8 Å². The maximum absolute atomic E-state index is 12.4. The molecule has 0 saturated heterocycles. The first kappa shape index (κ1) is 25.7. The zero-order chi connectivity index (χ0) is 24.5. The number of hydrogen-bond acceptors (Lipinski definition) is 4. The summed E-state index contributed by atoms with van der Waals surface area (Å²) in [7, 11) is 0. The second kappa shape index (κ2) is 10.3. The molecule has 0 spiro atoms. The van der Waals surface area contributed by atoms with E-state index in [1.165, 1.54) is 32.1 Å². The fraction of sp³-hybridized carbons (Fsp3) is 0.897. The number of Topliss-reactive ketones (excluding diaryl/α,β-unsaturated/α-hetero) is 1. The summed E-state index contributed by atoms with van der Waals surface area (Å²) < 4.78 is 5.92. The van der Waals surface area contributed by atoms with E-state index in [-0.39, 0.29) is 29.8 Å². The fourth-order valence-corrected chi connectivity index (χ4v) is 9.14. The van der Waals surface area contributed by atoms with Crippen LogP contribution in [0.4, 0.5) is 0 Å². The SMILES string of the molecule is CC(=O)[C@H]1CCC2C3CC[C@@H]4C[C@H](OC(=O)CCCCCCC(=O)O)CC[C@]4(C)C3CC[C@@]21C. The molecule has 0 bridgehead atoms. The van der Waals surface area contributed by atoms with Crippen LogP contribution in [0.5, 0.6) is 0 Å². The van der Waals surface area contributed by atoms with Gasteiger partial charge in [0.2, 0.25) is 0 Å². The van der Waals surface area contributed by atoms with E-state index >= 15 is 0 Å². The summed E-state index contributed by atoms with van der Waals surface area (Å²) in [5.74, 6) is 2.75. The van der Waals surface area contributed by atoms with Gasteiger partial charge in [-0.15, -0.1) is 0 Å². The number of esters is 1. The van der Waals surface area contributed by atoms with Gasteiger partial charge in [-0.05, 0) is 112 Å². The minimum absolute atomic E-state index is 0.0663. The van der Waals surface area contributed by atoms with Gasteiger partial charge in [0.05, 0.1) is 0 Å². The van der Waals surface area contributed by atoms with Gasteiger partial charge in [-0.25, -0.2) is 0 Å². The third-order valence-electron chi connectivity index (χ3n) is 10.9. The van der Waals surface area contributed by atoms with E-state index in [9.17, 15) is 14.4 Å². The van der Waals surface area contributed by atoms with Crippen molar-refractivity contribution in [2.24, 2.45) is 40.4 Å². The standard InChI is InChI=1S/C29H46O5/c1-19(30)23-12-13-24-22-11-10-20-18-21(34-27(33)9-7-5-4-6-8-26(31)32)14-16-28(20,2)25(22)15-17-29(23,24)3/h20-25H,4-18H2,1-3H3,(H,31,32)/t20-,21-,22?,23-,24?,25?,28+,29-/m1/s1. The van der Waals surface area contributed by atoms with Gasteiger partial charge in [0.15, 0.2) is 0 Å². The smallest absolute Gasteiger partial charge is 0.306 e. The Kier molecular flexibility index (Phi) is 7.79. The highest BCUT2D eigenvalue weighted by molar-refractivity contribution is 5.79. The average Bonchev–Trinajstić information content (AvgIpc) is 3.13. The average molecular weight is 475 g/mol. The van der Waals surface area contributed by atoms with Crippen LogP contribution in [0.3, 0.4) is 0 Å². The molecular weight excluding hydrogens is 428 g/mol. The molecule has 192 valence electrons. The number of aliphatic carboxylic acids is 1. The summed E-state index contributed by atoms with van der Waals surface area (Å²) in [5.41, 5.74) is 0.572. The molecule has 4 rings (SSSR count). The number of unbranched alkanes of at least 4 members (excludes halogenated alkanes) is 3. The summed E-state index contributed by atoms with van der Waals surface area (Å²) in [4.78, 5) is 35.4. The van der Waals surface area contributed by atoms with Crippen molar-refractivity contribution in [2.75, 3.05) is 0 Å². The number of carbonyl (C=O) groups is 3. The van der Waals surface area contributed by atoms with Crippen LogP contribution in [0.1, 0.15) is 117 Å². The van der Waals surface area contributed by atoms with Crippen molar-refractivity contribution in [3.63, 3.8) is 0 Å². The Morgan fingerprint density at radius 2 is 1.50 bits per heavy atom. The Balaban J connectivity index is 1.27. The molecule has 8 atom stereocenters. The van der Waals surface area contributed by atoms with Crippen molar-refractivity contribution < 1.29 is 24.2 Å². The molecule has 34 heavy (non-hydrogen) atoms. The van der Waals surface area contributed by atoms with Crippen molar-refractivity contribution in [3.05, 3.63) is 0 Å². The molecule has 4 fully saturated rings. The highest BCUT2D eigenvalue weighted by Crippen LogP contribution is 2.67. The van der Waals surface area contributed by atoms with E-state index in [1.807, 2.05) is 6.92 Å². The summed E-state index contributed by atoms with van der Waals surface area (Å²) in [6.07, 6.45) is 14.4. The quantitative estimate of drug-likeness (QED) is 0.302. The van der Waals surface area contributed by atoms with E-state index in [1.54, 1.807) is 0 Å². The molecule has 0 aliphatic heterocycles. The van der Waals surface area contributed by atoms with Gasteiger partial charge in [-0.3, -0.25) is 14.4 Å². The van der Waals surface area contributed by atoms with Crippen LogP contribution in [-0.2, 0) is 19.1 Å². The maximum Gasteiger partial charge on any atom is 0.306 e. The predicted octanol–water partition coefficient (Wildman–Crippen LogP) is 6.57. The molecule has 0 radical (unpaired) electrons. The largest absolute Gasteiger partial charge is 0.481 e. The fourth-order valence-electron chi connectivity index (χ4n) is 9.14. The lowest BCUT2D eigenvalue weighted by Gasteiger charge is -2.61. The lowest BCUT2D eigenvalue weighted by molar-refractivity contribution is -0.163. The molecule has 0 aromatic rings. The van der Waals surface area contributed by atoms with Gasteiger partial charge in [-0.2, -0.15) is 0 Å². The monoisotopic (exact) mass is 474 g/mol. The van der Waals surface area contributed by atoms with Crippen LogP contribution in [0.2, 0.25) is 0 Å². The molecule has 3 unspecified atom stereocenters. The van der Waals surface area contributed by atoms with Crippen LogP contribution in [-0.4, -0.2) is 28.9 Å². The molecule has 0 heterocycles. The van der Waals surface area contributed by atoms with Crippen LogP contribution < -0.4 is 0 Å². The molecule has 4 aliphatic carbocycles. The van der Waals surface area contributed by atoms with Crippen LogP contribution >= 0.6 is 0 Å². The van der Waals surface area contributed by atoms with Crippen LogP contribution in [0.15, 0.2) is 0 Å². The molecule has 4 saturated carbocycles. The van der Waals surface area contributed by atoms with Crippen LogP contribution in [0, 0.1) is 40.4 Å². The Morgan fingerprint density at radius 3 is 2.21 bits per heavy atom. The zero-order valence-corrected chi connectivity index (χ0v) is 21.7. The zero-order valence-electron chi connectivity index (χ0n) is 21.7. The normalized spacial score (nSPS) is 41.1. The number of rotatable bonds is 9. The summed E-state index contributed by atoms with van der Waals surface area (Å²) in [5, 5.41) is 8.70. The number of ether oxygens (including phenoxy) is 1. The van der Waals surface area contributed by atoms with Gasteiger partial charge in [0, 0.05) is 18.8 Å². The lowest BCUT2D eigenvalue weighted by Crippen LogP contribution is -2.54. The van der Waals surface area contributed by atoms with Crippen LogP contribution in [0.25, 0.3) is 0 Å². The number of ketones is 1. The molecule has 0 aromatic carbocycles. The molecule has 4 aliphatic rings. The Hall–Kier alpha value is -1.39. The number of carbonyl (C=O) groups excluding carboxylic acids is 2. The molecule has 0 aromatic heterocycles. The van der Waals surface area contributed by atoms with E-state index in [0.29, 0.717) is 35.9 Å². The molecule has 0 amide bonds. The Bertz CT molecular complexity index is 776. The number of carboxylic acid groups (broad SMARTS) is 1. The van der Waals surface area contributed by atoms with Crippen molar-refractivity contribution in [1.29, 1.82) is 0 Å². The van der Waals surface area contributed by atoms with E-state index in [0.717, 1.165) is 56.8 Å². The Morgan fingerprint density at radius 1 is 0.824 bits per heavy atom. The first-order valence-electron chi connectivity index (χ1n) is 14.1. The molecule has 5 nitrogen and oxygen atoms in total. The third-order valence-corrected chi connectivity index (χ3v) is 10.9. The minimum Gasteiger partial charge on any atom is -0.481 e. The third kappa shape index (κ3) is 4.95. The lowest BCUT2D eigenvalue weighted by atomic mass is 9.44. The van der Waals surface area contributed by atoms with Crippen molar-refractivity contribution in [1.82, 2.24) is 0 Å². The topological polar surface area (TPSA) is 80.7 Å². The van der Waals surface area contributed by atoms with Gasteiger partial charge < -0.3 is 9.84 Å². The van der Waals surface area contributed by atoms with Gasteiger partial charge in [0.1, 0.15) is 11.9 Å². The number of fused-ring (bicyclic) bond motifs is 5. The first-order valence-corrected chi connectivity index (χ1v) is 14.1. The van der Waals surface area contributed by atoms with Gasteiger partial charge >= 0.3 is 11.9 Å². The molecule has 1 N–H and O–H groups in total. The second-order valence-electron chi connectivity index (χ2n) is 12.6. The summed E-state index contributed by atoms with van der Waals surface area (Å²) in [6, 6.07) is 0. The number of hydrogen-bond donors (Lipinski definition) is 1. The minimum atomic E-state index is -0.747. The summed E-state index contributed by atoms with van der Waals surface area (Å²) in [6.45, 7) is 6.76. The Labute approximate surface area is 205 Å². The van der Waals surface area contributed by atoms with Crippen molar-refractivity contribution >= 4 is 17.7 Å². The van der Waals surface area contributed by atoms with Crippen molar-refractivity contribution in [2.45, 2.75) is 123 Å². The predicted molar refractivity (Wildman–Crippen MR) is 131 cm³/mol. The first-order chi connectivity index (χ1) is 16.1. The van der Waals surface area contributed by atoms with Gasteiger partial charge in [0.25, 0.3) is 0 Å². The second-order valence-corrected chi connectivity index (χ2v) is 12.6. The van der Waals surface area contributed by atoms with E-state index < -0.39 is 5.97 Å². The summed E-state index contributed by atoms with van der Waals surface area (Å²) >= 11 is 0. The van der Waals surface area contributed by atoms with Crippen molar-refractivity contribution in [3.8, 4) is 0 Å². The van der Waals surface area contributed by atoms with Gasteiger partial charge in [-0.1, -0.05) is 26.7 Å². The highest BCUT2D eigenvalue weighted by atomic mass is 16.5. The molecule has 5 heteroatoms. The number of carboxylic acids is 1. The maximum atomic E-state index is 12.4. The van der Waals surface area contributed by atoms with E-state index in [4.69, 9.17) is 9.84 Å². The molecular formula is C29H46O5.